The van der Waals surface area contributed by atoms with Crippen molar-refractivity contribution < 1.29 is 4.79 Å². The third-order valence-corrected chi connectivity index (χ3v) is 3.46. The van der Waals surface area contributed by atoms with Crippen molar-refractivity contribution in [3.8, 4) is 0 Å². The molecular formula is C12H24N2O. The van der Waals surface area contributed by atoms with Gasteiger partial charge in [-0.15, -0.1) is 0 Å². The molecule has 15 heavy (non-hydrogen) atoms. The Bertz CT molecular complexity index is 216. The number of hydrogen-bond donors (Lipinski definition) is 1. The highest BCUT2D eigenvalue weighted by atomic mass is 16.2. The predicted octanol–water partition coefficient (Wildman–Crippen LogP) is 1.49. The zero-order chi connectivity index (χ0) is 11.4. The number of rotatable bonds is 5. The first-order valence-corrected chi connectivity index (χ1v) is 6.03. The lowest BCUT2D eigenvalue weighted by Gasteiger charge is -2.26. The molecule has 0 aromatic rings. The lowest BCUT2D eigenvalue weighted by molar-refractivity contribution is -0.128. The zero-order valence-electron chi connectivity index (χ0n) is 10.4. The first kappa shape index (κ1) is 12.5. The SMILES string of the molecule is CCC1CC(=O)N(CC(NC)C(C)C)C1. The molecule has 0 aromatic carbocycles. The Hall–Kier alpha value is -0.570. The van der Waals surface area contributed by atoms with Crippen LogP contribution in [0.3, 0.4) is 0 Å². The normalized spacial score (nSPS) is 23.9. The van der Waals surface area contributed by atoms with E-state index in [-0.39, 0.29) is 0 Å². The number of amides is 1. The lowest BCUT2D eigenvalue weighted by Crippen LogP contribution is -2.43. The third kappa shape index (κ3) is 3.20. The number of hydrogen-bond acceptors (Lipinski definition) is 2. The maximum absolute atomic E-state index is 11.7. The van der Waals surface area contributed by atoms with E-state index in [1.807, 2.05) is 11.9 Å². The van der Waals surface area contributed by atoms with Crippen LogP contribution >= 0.6 is 0 Å². The number of carbonyl (C=O) groups is 1. The monoisotopic (exact) mass is 212 g/mol. The van der Waals surface area contributed by atoms with Crippen LogP contribution in [0.25, 0.3) is 0 Å². The van der Waals surface area contributed by atoms with Gasteiger partial charge in [0.2, 0.25) is 5.91 Å². The van der Waals surface area contributed by atoms with E-state index in [9.17, 15) is 4.79 Å². The maximum atomic E-state index is 11.7. The fourth-order valence-corrected chi connectivity index (χ4v) is 2.18. The molecule has 2 atom stereocenters. The summed E-state index contributed by atoms with van der Waals surface area (Å²) in [5.41, 5.74) is 0. The van der Waals surface area contributed by atoms with Crippen molar-refractivity contribution in [3.63, 3.8) is 0 Å². The van der Waals surface area contributed by atoms with Crippen LogP contribution < -0.4 is 5.32 Å². The van der Waals surface area contributed by atoms with Crippen molar-refractivity contribution in [2.24, 2.45) is 11.8 Å². The molecule has 88 valence electrons. The summed E-state index contributed by atoms with van der Waals surface area (Å²) in [6.45, 7) is 8.38. The third-order valence-electron chi connectivity index (χ3n) is 3.46. The van der Waals surface area contributed by atoms with Gasteiger partial charge in [0.25, 0.3) is 0 Å². The molecule has 1 fully saturated rings. The van der Waals surface area contributed by atoms with Gasteiger partial charge in [-0.25, -0.2) is 0 Å². The Balaban J connectivity index is 2.47. The average molecular weight is 212 g/mol. The molecule has 0 bridgehead atoms. The van der Waals surface area contributed by atoms with Gasteiger partial charge in [0, 0.05) is 25.6 Å². The molecule has 1 N–H and O–H groups in total. The number of nitrogens with one attached hydrogen (secondary N) is 1. The minimum Gasteiger partial charge on any atom is -0.341 e. The van der Waals surface area contributed by atoms with Gasteiger partial charge in [-0.05, 0) is 18.9 Å². The molecule has 1 rings (SSSR count). The second-order valence-electron chi connectivity index (χ2n) is 4.92. The number of likely N-dealkylation sites (N-methyl/N-ethyl adjacent to an activating group) is 1. The van der Waals surface area contributed by atoms with Crippen LogP contribution in [0.1, 0.15) is 33.6 Å². The summed E-state index contributed by atoms with van der Waals surface area (Å²) in [6, 6.07) is 0.421. The van der Waals surface area contributed by atoms with Gasteiger partial charge in [0.05, 0.1) is 0 Å². The Morgan fingerprint density at radius 1 is 1.53 bits per heavy atom. The lowest BCUT2D eigenvalue weighted by atomic mass is 10.0. The minimum absolute atomic E-state index is 0.336. The molecule has 0 saturated carbocycles. The van der Waals surface area contributed by atoms with E-state index >= 15 is 0 Å². The van der Waals surface area contributed by atoms with E-state index in [1.165, 1.54) is 0 Å². The van der Waals surface area contributed by atoms with Crippen LogP contribution in [0.2, 0.25) is 0 Å². The van der Waals surface area contributed by atoms with Gasteiger partial charge >= 0.3 is 0 Å². The van der Waals surface area contributed by atoms with Gasteiger partial charge in [-0.2, -0.15) is 0 Å². The van der Waals surface area contributed by atoms with Crippen LogP contribution in [-0.2, 0) is 4.79 Å². The molecule has 1 amide bonds. The smallest absolute Gasteiger partial charge is 0.222 e. The fraction of sp³-hybridized carbons (Fsp3) is 0.917. The number of nitrogens with zero attached hydrogens (tertiary/aromatic N) is 1. The van der Waals surface area contributed by atoms with Crippen molar-refractivity contribution in [1.29, 1.82) is 0 Å². The first-order valence-electron chi connectivity index (χ1n) is 6.03. The molecule has 1 aliphatic rings. The molecule has 0 aliphatic carbocycles. The summed E-state index contributed by atoms with van der Waals surface area (Å²) in [7, 11) is 1.97. The van der Waals surface area contributed by atoms with Gasteiger partial charge < -0.3 is 10.2 Å². The van der Waals surface area contributed by atoms with Crippen molar-refractivity contribution in [2.45, 2.75) is 39.7 Å². The molecule has 0 spiro atoms. The van der Waals surface area contributed by atoms with Crippen molar-refractivity contribution in [3.05, 3.63) is 0 Å². The number of carbonyl (C=O) groups excluding carboxylic acids is 1. The van der Waals surface area contributed by atoms with Gasteiger partial charge in [-0.3, -0.25) is 4.79 Å². The molecule has 3 nitrogen and oxygen atoms in total. The molecule has 0 aromatic heterocycles. The quantitative estimate of drug-likeness (QED) is 0.749. The fourth-order valence-electron chi connectivity index (χ4n) is 2.18. The first-order chi connectivity index (χ1) is 7.08. The molecule has 2 unspecified atom stereocenters. The minimum atomic E-state index is 0.336. The van der Waals surface area contributed by atoms with Crippen LogP contribution in [0.15, 0.2) is 0 Å². The molecule has 1 aliphatic heterocycles. The molecule has 3 heteroatoms. The summed E-state index contributed by atoms with van der Waals surface area (Å²) in [6.07, 6.45) is 1.87. The largest absolute Gasteiger partial charge is 0.341 e. The van der Waals surface area contributed by atoms with Crippen molar-refractivity contribution >= 4 is 5.91 Å². The highest BCUT2D eigenvalue weighted by molar-refractivity contribution is 5.78. The van der Waals surface area contributed by atoms with Crippen molar-refractivity contribution in [1.82, 2.24) is 10.2 Å². The molecule has 1 saturated heterocycles. The standard InChI is InChI=1S/C12H24N2O/c1-5-10-6-12(15)14(7-10)8-11(13-4)9(2)3/h9-11,13H,5-8H2,1-4H3. The van der Waals surface area contributed by atoms with Crippen molar-refractivity contribution in [2.75, 3.05) is 20.1 Å². The van der Waals surface area contributed by atoms with Gasteiger partial charge in [0.15, 0.2) is 0 Å². The summed E-state index contributed by atoms with van der Waals surface area (Å²) >= 11 is 0. The molecule has 0 radical (unpaired) electrons. The van der Waals surface area contributed by atoms with E-state index < -0.39 is 0 Å². The summed E-state index contributed by atoms with van der Waals surface area (Å²) < 4.78 is 0. The van der Waals surface area contributed by atoms with E-state index in [0.717, 1.165) is 25.9 Å². The molecule has 1 heterocycles. The highest BCUT2D eigenvalue weighted by Crippen LogP contribution is 2.21. The van der Waals surface area contributed by atoms with Gasteiger partial charge in [-0.1, -0.05) is 27.2 Å². The second kappa shape index (κ2) is 5.50. The highest BCUT2D eigenvalue weighted by Gasteiger charge is 2.30. The average Bonchev–Trinajstić information content (AvgIpc) is 2.55. The van der Waals surface area contributed by atoms with Crippen LogP contribution in [0.5, 0.6) is 0 Å². The van der Waals surface area contributed by atoms with E-state index in [4.69, 9.17) is 0 Å². The van der Waals surface area contributed by atoms with Crippen LogP contribution in [0, 0.1) is 11.8 Å². The second-order valence-corrected chi connectivity index (χ2v) is 4.92. The Morgan fingerprint density at radius 3 is 2.60 bits per heavy atom. The van der Waals surface area contributed by atoms with Crippen LogP contribution in [-0.4, -0.2) is 37.0 Å². The van der Waals surface area contributed by atoms with E-state index in [0.29, 0.717) is 23.8 Å². The van der Waals surface area contributed by atoms with E-state index in [1.54, 1.807) is 0 Å². The van der Waals surface area contributed by atoms with Gasteiger partial charge in [0.1, 0.15) is 0 Å². The zero-order valence-corrected chi connectivity index (χ0v) is 10.4. The molecular weight excluding hydrogens is 188 g/mol. The number of likely N-dealkylation sites (tertiary alicyclic amines) is 1. The summed E-state index contributed by atoms with van der Waals surface area (Å²) in [5.74, 6) is 1.49. The predicted molar refractivity (Wildman–Crippen MR) is 62.7 cm³/mol. The van der Waals surface area contributed by atoms with E-state index in [2.05, 4.69) is 26.1 Å². The van der Waals surface area contributed by atoms with Crippen LogP contribution in [0.4, 0.5) is 0 Å². The summed E-state index contributed by atoms with van der Waals surface area (Å²) in [5, 5.41) is 3.29. The maximum Gasteiger partial charge on any atom is 0.222 e. The topological polar surface area (TPSA) is 32.3 Å². The Kier molecular flexibility index (Phi) is 4.58. The Labute approximate surface area is 93.2 Å². The summed E-state index contributed by atoms with van der Waals surface area (Å²) in [4.78, 5) is 13.7. The Morgan fingerprint density at radius 2 is 2.20 bits per heavy atom.